The fraction of sp³-hybridized carbons (Fsp3) is 0.857. The first-order valence-corrected chi connectivity index (χ1v) is 17.9. The lowest BCUT2D eigenvalue weighted by molar-refractivity contribution is 0.133. The molecule has 0 amide bonds. The number of rotatable bonds is 13. The van der Waals surface area contributed by atoms with Gasteiger partial charge in [0.2, 0.25) is 11.0 Å². The molecular weight excluding hydrogens is 602 g/mol. The van der Waals surface area contributed by atoms with Crippen LogP contribution in [0.5, 0.6) is 0 Å². The highest BCUT2D eigenvalue weighted by atomic mass is 31.3. The van der Waals surface area contributed by atoms with Crippen LogP contribution < -0.4 is 0 Å². The molecule has 1 atom stereocenters. The smallest absolute Gasteiger partial charge is 0.396 e. The van der Waals surface area contributed by atoms with Crippen molar-refractivity contribution >= 4 is 51.1 Å². The minimum absolute atomic E-state index is 0.730. The summed E-state index contributed by atoms with van der Waals surface area (Å²) in [6, 6.07) is -2.46. The normalized spacial score (nSPS) is 16.6. The summed E-state index contributed by atoms with van der Waals surface area (Å²) >= 11 is 0. The van der Waals surface area contributed by atoms with Crippen molar-refractivity contribution in [3.05, 3.63) is 0 Å². The van der Waals surface area contributed by atoms with E-state index in [1.807, 2.05) is 0 Å². The van der Waals surface area contributed by atoms with Crippen LogP contribution in [0, 0.1) is 0 Å². The summed E-state index contributed by atoms with van der Waals surface area (Å²) in [5.41, 5.74) is -7.40. The summed E-state index contributed by atoms with van der Waals surface area (Å²) in [7, 11) is -36.6. The molecule has 14 N–H and O–H groups in total. The van der Waals surface area contributed by atoms with Gasteiger partial charge in [0.25, 0.3) is 0 Å². The van der Waals surface area contributed by atoms with Crippen molar-refractivity contribution in [1.82, 2.24) is 4.90 Å². The fourth-order valence-corrected chi connectivity index (χ4v) is 10.8. The number of hydrogen-bond acceptors (Lipinski definition) is 11. The molecule has 0 rings (SSSR count). The molecule has 0 aliphatic heterocycles. The van der Waals surface area contributed by atoms with Gasteiger partial charge in [-0.25, -0.2) is 9.56 Å². The molecule has 0 saturated carbocycles. The van der Waals surface area contributed by atoms with E-state index in [-0.39, 0.29) is 0 Å². The standard InChI is InChI=1S/C7H22N2O19P6/c10-2-1-4(3-8-5(29(11,12)13)30(14,15)16)9(6(31(17,18)19)32(20,21)22)7(33(23,24)25)34(26,27)28/h4,6-7,10-13H,1-3H2,(H9-,14,15,16,17,18,19,20,21,22,23,24,25,26,27,28)/p+1. The highest BCUT2D eigenvalue weighted by Gasteiger charge is 2.60. The molecule has 0 aromatic rings. The monoisotopic (exact) mass is 625 g/mol. The van der Waals surface area contributed by atoms with Crippen molar-refractivity contribution in [2.45, 2.75) is 23.5 Å². The Morgan fingerprint density at radius 1 is 0.706 bits per heavy atom. The Morgan fingerprint density at radius 2 is 1.03 bits per heavy atom. The van der Waals surface area contributed by atoms with Crippen LogP contribution >= 0.6 is 45.9 Å². The highest BCUT2D eigenvalue weighted by Crippen LogP contribution is 2.69. The zero-order valence-electron chi connectivity index (χ0n) is 16.2. The minimum atomic E-state index is -6.29. The van der Waals surface area contributed by atoms with Crippen molar-refractivity contribution in [2.75, 3.05) is 13.2 Å². The van der Waals surface area contributed by atoms with Crippen LogP contribution in [0.25, 0.3) is 0 Å². The molecule has 0 heterocycles. The highest BCUT2D eigenvalue weighted by molar-refractivity contribution is 8.00. The van der Waals surface area contributed by atoms with Gasteiger partial charge in [-0.2, -0.15) is 14.7 Å². The average Bonchev–Trinajstić information content (AvgIpc) is 2.45. The zero-order valence-corrected chi connectivity index (χ0v) is 21.6. The van der Waals surface area contributed by atoms with Crippen molar-refractivity contribution in [1.29, 1.82) is 0 Å². The van der Waals surface area contributed by atoms with Crippen molar-refractivity contribution in [3.63, 3.8) is 0 Å². The predicted molar refractivity (Wildman–Crippen MR) is 111 cm³/mol. The summed E-state index contributed by atoms with van der Waals surface area (Å²) in [5.74, 6) is 0. The van der Waals surface area contributed by atoms with Crippen LogP contribution in [-0.2, 0) is 22.8 Å². The number of aliphatic hydroxyl groups excluding tert-OH is 1. The maximum atomic E-state index is 11.9. The molecule has 0 bridgehead atoms. The van der Waals surface area contributed by atoms with Gasteiger partial charge in [0.15, 0.2) is 0 Å². The molecule has 21 nitrogen and oxygen atoms in total. The van der Waals surface area contributed by atoms with Crippen LogP contribution in [-0.4, -0.2) is 109 Å². The fourth-order valence-electron chi connectivity index (χ4n) is 2.62. The lowest BCUT2D eigenvalue weighted by Crippen LogP contribution is -2.50. The van der Waals surface area contributed by atoms with E-state index in [0.717, 1.165) is 0 Å². The number of aliphatic imine (C=N–C) groups is 1. The van der Waals surface area contributed by atoms with Crippen LogP contribution in [0.3, 0.4) is 0 Å². The lowest BCUT2D eigenvalue weighted by Gasteiger charge is -2.42. The first-order valence-electron chi connectivity index (χ1n) is 7.94. The van der Waals surface area contributed by atoms with Gasteiger partial charge in [-0.15, -0.1) is 0 Å². The Kier molecular flexibility index (Phi) is 11.8. The Balaban J connectivity index is 7.37. The summed E-state index contributed by atoms with van der Waals surface area (Å²) in [6.45, 7) is -2.80. The van der Waals surface area contributed by atoms with E-state index in [0.29, 0.717) is 0 Å². The van der Waals surface area contributed by atoms with Gasteiger partial charge in [-0.1, -0.05) is 0 Å². The molecule has 0 aliphatic rings. The second-order valence-electron chi connectivity index (χ2n) is 6.42. The second-order valence-corrected chi connectivity index (χ2v) is 17.3. The topological polar surface area (TPSA) is 384 Å². The average molecular weight is 625 g/mol. The van der Waals surface area contributed by atoms with Crippen molar-refractivity contribution < 1.29 is 91.5 Å². The van der Waals surface area contributed by atoms with Crippen LogP contribution in [0.1, 0.15) is 6.42 Å². The molecule has 0 spiro atoms. The number of aliphatic hydroxyl groups is 1. The van der Waals surface area contributed by atoms with Crippen LogP contribution in [0.4, 0.5) is 0 Å². The maximum absolute atomic E-state index is 11.9. The quantitative estimate of drug-likeness (QED) is 0.0700. The lowest BCUT2D eigenvalue weighted by atomic mass is 10.2. The molecule has 0 aliphatic carbocycles. The van der Waals surface area contributed by atoms with Gasteiger partial charge in [0, 0.05) is 12.6 Å². The molecule has 204 valence electrons. The van der Waals surface area contributed by atoms with E-state index in [9.17, 15) is 67.1 Å². The van der Waals surface area contributed by atoms with E-state index < -0.39 is 92.7 Å². The Hall–Kier alpha value is 0.650. The summed E-state index contributed by atoms with van der Waals surface area (Å²) < 4.78 is 58.8. The van der Waals surface area contributed by atoms with Crippen molar-refractivity contribution in [2.24, 2.45) is 4.99 Å². The largest absolute Gasteiger partial charge is 0.469 e. The first kappa shape index (κ1) is 34.6. The van der Waals surface area contributed by atoms with Gasteiger partial charge in [-0.3, -0.25) is 23.2 Å². The summed E-state index contributed by atoms with van der Waals surface area (Å²) in [4.78, 5) is 123. The molecule has 34 heavy (non-hydrogen) atoms. The van der Waals surface area contributed by atoms with Gasteiger partial charge < -0.3 is 54.0 Å². The van der Waals surface area contributed by atoms with E-state index in [1.165, 1.54) is 0 Å². The van der Waals surface area contributed by atoms with Crippen molar-refractivity contribution in [3.8, 4) is 0 Å². The third-order valence-electron chi connectivity index (χ3n) is 3.59. The SMILES string of the molecule is O=P(O)(O)C(=NCC(CCO)N(C(P(=O)(O)O)P(=O)(O)O)C(P(=O)(O)O)P(=O)(O)O)[P+](O)(O)O. The number of hydrogen-bond donors (Lipinski definition) is 14. The maximum Gasteiger partial charge on any atom is 0.469 e. The molecule has 0 aromatic heterocycles. The third kappa shape index (κ3) is 10.2. The molecule has 0 radical (unpaired) electrons. The number of nitrogens with zero attached hydrogens (tertiary/aromatic N) is 2. The predicted octanol–water partition coefficient (Wildman–Crippen LogP) is -3.41. The molecule has 0 aromatic carbocycles. The summed E-state index contributed by atoms with van der Waals surface area (Å²) in [5, 5.41) is 7.13. The Morgan fingerprint density at radius 3 is 1.24 bits per heavy atom. The summed E-state index contributed by atoms with van der Waals surface area (Å²) in [6.07, 6.45) is -1.13. The Labute approximate surface area is 189 Å². The van der Waals surface area contributed by atoms with E-state index in [4.69, 9.17) is 24.5 Å². The molecule has 1 unspecified atom stereocenters. The van der Waals surface area contributed by atoms with Gasteiger partial charge in [0.1, 0.15) is 0 Å². The minimum Gasteiger partial charge on any atom is -0.396 e. The van der Waals surface area contributed by atoms with Gasteiger partial charge in [0.05, 0.1) is 6.54 Å². The van der Waals surface area contributed by atoms with E-state index >= 15 is 0 Å². The third-order valence-corrected chi connectivity index (χ3v) is 13.6. The second kappa shape index (κ2) is 11.6. The Bertz CT molecular complexity index is 884. The van der Waals surface area contributed by atoms with Crippen LogP contribution in [0.15, 0.2) is 4.99 Å². The van der Waals surface area contributed by atoms with E-state index in [2.05, 4.69) is 4.99 Å². The van der Waals surface area contributed by atoms with E-state index in [1.54, 1.807) is 0 Å². The van der Waals surface area contributed by atoms with Gasteiger partial charge >= 0.3 is 51.1 Å². The van der Waals surface area contributed by atoms with Gasteiger partial charge in [-0.05, 0) is 6.42 Å². The zero-order chi connectivity index (χ0) is 27.7. The molecule has 27 heteroatoms. The molecular formula is C7H23N2O19P6+. The molecule has 0 saturated heterocycles. The van der Waals surface area contributed by atoms with Crippen LogP contribution in [0.2, 0.25) is 0 Å². The molecule has 0 fully saturated rings. The first-order chi connectivity index (χ1) is 14.7.